The molecule has 0 unspecified atom stereocenters. The molecule has 18 nitrogen and oxygen atoms in total. The van der Waals surface area contributed by atoms with Gasteiger partial charge in [0.05, 0.1) is 62.7 Å². The van der Waals surface area contributed by atoms with Gasteiger partial charge in [-0.1, -0.05) is 12.1 Å². The number of ether oxygens (including phenoxy) is 4. The molecule has 0 aliphatic heterocycles. The second-order valence-electron chi connectivity index (χ2n) is 11.8. The molecule has 60 heavy (non-hydrogen) atoms. The maximum Gasteiger partial charge on any atom is 0.505 e. The number of carboxylic acid groups (broad SMARTS) is 1. The van der Waals surface area contributed by atoms with Gasteiger partial charge in [0.2, 0.25) is 0 Å². The quantitative estimate of drug-likeness (QED) is 0.0442. The van der Waals surface area contributed by atoms with Gasteiger partial charge in [0, 0.05) is 87.9 Å². The number of carbonyl (C=O) groups excluding carboxylic acids is 4. The molecule has 0 spiro atoms. The number of anilines is 4. The molecule has 20 heteroatoms. The molecule has 0 bridgehead atoms. The Labute approximate surface area is 371 Å². The minimum Gasteiger partial charge on any atom is -0.468 e. The van der Waals surface area contributed by atoms with Gasteiger partial charge in [0.25, 0.3) is 17.8 Å². The van der Waals surface area contributed by atoms with Crippen molar-refractivity contribution in [3.63, 3.8) is 0 Å². The minimum absolute atomic E-state index is 0.0792. The first kappa shape index (κ1) is 50.4. The lowest BCUT2D eigenvalue weighted by molar-refractivity contribution is -0.143. The van der Waals surface area contributed by atoms with E-state index in [0.29, 0.717) is 53.2 Å². The summed E-state index contributed by atoms with van der Waals surface area (Å²) < 4.78 is 20.6. The number of nitrogens with two attached hydrogens (primary N) is 1. The fraction of sp³-hybridized carbons (Fsp3) is 0.300. The van der Waals surface area contributed by atoms with E-state index >= 15 is 0 Å². The number of imidazole rings is 1. The number of aromatic nitrogens is 4. The first-order valence-electron chi connectivity index (χ1n) is 18.1. The largest absolute Gasteiger partial charge is 0.505 e. The Morgan fingerprint density at radius 2 is 1.27 bits per heavy atom. The van der Waals surface area contributed by atoms with Crippen molar-refractivity contribution in [2.24, 2.45) is 7.05 Å². The summed E-state index contributed by atoms with van der Waals surface area (Å²) in [4.78, 5) is 74.5. The summed E-state index contributed by atoms with van der Waals surface area (Å²) in [7, 11) is 6.25. The summed E-state index contributed by atoms with van der Waals surface area (Å²) in [6, 6.07) is 21.3. The first-order valence-corrected chi connectivity index (χ1v) is 24.4. The van der Waals surface area contributed by atoms with Crippen LogP contribution in [0.4, 0.5) is 27.8 Å². The van der Waals surface area contributed by atoms with E-state index in [9.17, 15) is 19.2 Å². The fourth-order valence-electron chi connectivity index (χ4n) is 5.27. The predicted molar refractivity (Wildman–Crippen MR) is 245 cm³/mol. The molecular formula is C40H48I2N8O10. The van der Waals surface area contributed by atoms with Crippen molar-refractivity contribution in [3.05, 3.63) is 96.3 Å². The SMILES string of the molecule is CCOC(=O)CCN(C(=O)c1ccc(NC)c(N)c1)c1ccccn1.CCOC(=O)CCN(C(=O)c1ccc2c(c1)nc(OC)n2C)c1ccccn1.COC(=O)O.II. The molecule has 4 N–H and O–H groups in total. The zero-order chi connectivity index (χ0) is 44.6. The van der Waals surface area contributed by atoms with Crippen molar-refractivity contribution in [2.75, 3.05) is 68.4 Å². The normalized spacial score (nSPS) is 9.87. The second kappa shape index (κ2) is 27.1. The molecule has 0 fully saturated rings. The molecule has 0 atom stereocenters. The van der Waals surface area contributed by atoms with Gasteiger partial charge in [-0.25, -0.2) is 14.8 Å². The average molecular weight is 1050 g/mol. The molecule has 3 heterocycles. The molecule has 0 radical (unpaired) electrons. The van der Waals surface area contributed by atoms with Crippen molar-refractivity contribution in [1.82, 2.24) is 19.5 Å². The number of methoxy groups -OCH3 is 2. The molecule has 5 aromatic rings. The van der Waals surface area contributed by atoms with E-state index in [1.807, 2.05) is 13.1 Å². The van der Waals surface area contributed by atoms with E-state index in [-0.39, 0.29) is 49.7 Å². The third-order valence-electron chi connectivity index (χ3n) is 8.04. The number of nitrogens with one attached hydrogen (secondary N) is 1. The standard InChI is InChI=1S/C20H22N4O4.C18H22N4O3.C2H4O3.I2/c1-4-28-18(25)10-12-24(17-7-5-6-11-21-17)19(26)14-8-9-16-15(13-14)22-20(27-3)23(16)2;1-3-25-17(23)9-11-22(16-6-4-5-10-21-16)18(24)13-7-8-15(20-2)14(19)12-13;1-5-2(3)4;1-2/h5-9,11,13H,4,10,12H2,1-3H3;4-8,10,12,20H,3,9,11,19H2,1-2H3;1H3,(H,3,4);. The summed E-state index contributed by atoms with van der Waals surface area (Å²) in [5.41, 5.74) is 9.53. The predicted octanol–water partition coefficient (Wildman–Crippen LogP) is 6.96. The molecule has 2 aromatic carbocycles. The van der Waals surface area contributed by atoms with Gasteiger partial charge in [0.15, 0.2) is 0 Å². The summed E-state index contributed by atoms with van der Waals surface area (Å²) in [6.07, 6.45) is 2.12. The van der Waals surface area contributed by atoms with E-state index in [1.54, 1.807) is 112 Å². The van der Waals surface area contributed by atoms with Crippen LogP contribution in [0.3, 0.4) is 0 Å². The molecule has 0 saturated heterocycles. The van der Waals surface area contributed by atoms with Crippen LogP contribution in [0.25, 0.3) is 11.0 Å². The highest BCUT2D eigenvalue weighted by molar-refractivity contribution is 15.0. The third kappa shape index (κ3) is 15.4. The van der Waals surface area contributed by atoms with Gasteiger partial charge in [-0.2, -0.15) is 4.98 Å². The number of rotatable bonds is 14. The number of amides is 2. The van der Waals surface area contributed by atoms with E-state index in [2.05, 4.69) is 62.2 Å². The van der Waals surface area contributed by atoms with Gasteiger partial charge < -0.3 is 35.1 Å². The number of hydrogen-bond donors (Lipinski definition) is 3. The van der Waals surface area contributed by atoms with Crippen LogP contribution >= 0.6 is 37.2 Å². The van der Waals surface area contributed by atoms with Gasteiger partial charge in [0.1, 0.15) is 11.6 Å². The molecule has 0 saturated carbocycles. The molecule has 3 aromatic heterocycles. The Kier molecular flexibility index (Phi) is 22.7. The third-order valence-corrected chi connectivity index (χ3v) is 8.04. The second-order valence-corrected chi connectivity index (χ2v) is 11.8. The van der Waals surface area contributed by atoms with Crippen molar-refractivity contribution in [1.29, 1.82) is 0 Å². The van der Waals surface area contributed by atoms with Crippen LogP contribution in [0.2, 0.25) is 0 Å². The highest BCUT2D eigenvalue weighted by atomic mass is 128. The lowest BCUT2D eigenvalue weighted by Gasteiger charge is -2.22. The number of hydrogen-bond acceptors (Lipinski definition) is 14. The molecule has 5 rings (SSSR count). The van der Waals surface area contributed by atoms with Crippen LogP contribution in [0.1, 0.15) is 47.4 Å². The van der Waals surface area contributed by atoms with E-state index in [1.165, 1.54) is 9.80 Å². The topological polar surface area (TPSA) is 231 Å². The lowest BCUT2D eigenvalue weighted by atomic mass is 10.1. The number of benzene rings is 2. The Balaban J connectivity index is 0.000000360. The number of nitrogen functional groups attached to an aromatic ring is 1. The Morgan fingerprint density at radius 3 is 1.67 bits per heavy atom. The van der Waals surface area contributed by atoms with Crippen molar-refractivity contribution < 1.29 is 48.0 Å². The van der Waals surface area contributed by atoms with E-state index < -0.39 is 6.16 Å². The maximum atomic E-state index is 13.2. The number of fused-ring (bicyclic) bond motifs is 1. The average Bonchev–Trinajstić information content (AvgIpc) is 3.59. The van der Waals surface area contributed by atoms with E-state index in [0.717, 1.165) is 18.3 Å². The number of halogens is 2. The number of aryl methyl sites for hydroxylation is 1. The van der Waals surface area contributed by atoms with Crippen molar-refractivity contribution in [3.8, 4) is 6.01 Å². The van der Waals surface area contributed by atoms with Crippen LogP contribution in [0.15, 0.2) is 85.2 Å². The van der Waals surface area contributed by atoms with Crippen LogP contribution in [0, 0.1) is 0 Å². The highest BCUT2D eigenvalue weighted by Crippen LogP contribution is 2.24. The zero-order valence-electron chi connectivity index (χ0n) is 34.0. The van der Waals surface area contributed by atoms with Gasteiger partial charge in [-0.3, -0.25) is 33.5 Å². The number of esters is 2. The number of pyridine rings is 2. The van der Waals surface area contributed by atoms with Crippen molar-refractivity contribution in [2.45, 2.75) is 26.7 Å². The number of nitrogens with zero attached hydrogens (tertiary/aromatic N) is 6. The van der Waals surface area contributed by atoms with Gasteiger partial charge >= 0.3 is 18.1 Å². The summed E-state index contributed by atoms with van der Waals surface area (Å²) in [6.45, 7) is 4.43. The Bertz CT molecular complexity index is 2140. The first-order chi connectivity index (χ1) is 28.9. The molecule has 322 valence electrons. The summed E-state index contributed by atoms with van der Waals surface area (Å²) in [5, 5.41) is 10.5. The van der Waals surface area contributed by atoms with Crippen LogP contribution in [-0.4, -0.2) is 102 Å². The number of carbonyl (C=O) groups is 5. The highest BCUT2D eigenvalue weighted by Gasteiger charge is 2.23. The minimum atomic E-state index is -1.25. The van der Waals surface area contributed by atoms with Gasteiger partial charge in [-0.15, -0.1) is 0 Å². The van der Waals surface area contributed by atoms with Crippen molar-refractivity contribution >= 4 is 101 Å². The smallest absolute Gasteiger partial charge is 0.468 e. The summed E-state index contributed by atoms with van der Waals surface area (Å²) >= 11 is 4.24. The van der Waals surface area contributed by atoms with Crippen LogP contribution < -0.4 is 25.6 Å². The summed E-state index contributed by atoms with van der Waals surface area (Å²) in [5.74, 6) is -0.335. The van der Waals surface area contributed by atoms with Crippen LogP contribution in [0.5, 0.6) is 6.01 Å². The molecular weight excluding hydrogens is 1010 g/mol. The maximum absolute atomic E-state index is 13.2. The zero-order valence-corrected chi connectivity index (χ0v) is 38.3. The fourth-order valence-corrected chi connectivity index (χ4v) is 5.27. The molecule has 0 aliphatic rings. The van der Waals surface area contributed by atoms with E-state index in [4.69, 9.17) is 29.8 Å². The Hall–Kier alpha value is -5.78. The van der Waals surface area contributed by atoms with Gasteiger partial charge in [-0.05, 0) is 74.5 Å². The molecule has 0 aliphatic carbocycles. The lowest BCUT2D eigenvalue weighted by Crippen LogP contribution is -2.34. The van der Waals surface area contributed by atoms with Crippen LogP contribution in [-0.2, 0) is 30.8 Å². The molecule has 2 amide bonds. The monoisotopic (exact) mass is 1050 g/mol. The Morgan fingerprint density at radius 1 is 0.783 bits per heavy atom.